The van der Waals surface area contributed by atoms with Gasteiger partial charge in [0.1, 0.15) is 0 Å². The van der Waals surface area contributed by atoms with Crippen LogP contribution in [0.25, 0.3) is 0 Å². The maximum absolute atomic E-state index is 9.61. The van der Waals surface area contributed by atoms with Gasteiger partial charge < -0.3 is 15.3 Å². The number of nitrogens with one attached hydrogen (secondary N) is 1. The molecule has 2 rings (SSSR count). The number of hydrogen-bond acceptors (Lipinski definition) is 3. The molecule has 0 aromatic carbocycles. The van der Waals surface area contributed by atoms with Crippen LogP contribution in [0, 0.1) is 5.92 Å². The van der Waals surface area contributed by atoms with Crippen molar-refractivity contribution in [1.82, 2.24) is 10.2 Å². The van der Waals surface area contributed by atoms with Gasteiger partial charge in [0.15, 0.2) is 5.96 Å². The Bertz CT molecular complexity index is 431. The normalized spacial score (nSPS) is 18.0. The van der Waals surface area contributed by atoms with Gasteiger partial charge in [-0.05, 0) is 43.6 Å². The quantitative estimate of drug-likeness (QED) is 0.423. The van der Waals surface area contributed by atoms with Gasteiger partial charge in [0.2, 0.25) is 0 Å². The van der Waals surface area contributed by atoms with Crippen LogP contribution in [0.3, 0.4) is 0 Å². The highest BCUT2D eigenvalue weighted by molar-refractivity contribution is 14.0. The lowest BCUT2D eigenvalue weighted by Crippen LogP contribution is -2.46. The van der Waals surface area contributed by atoms with E-state index in [0.29, 0.717) is 5.92 Å². The first-order valence-corrected chi connectivity index (χ1v) is 8.80. The van der Waals surface area contributed by atoms with Gasteiger partial charge in [-0.2, -0.15) is 0 Å². The third-order valence-corrected chi connectivity index (χ3v) is 4.68. The van der Waals surface area contributed by atoms with Gasteiger partial charge in [-0.25, -0.2) is 0 Å². The summed E-state index contributed by atoms with van der Waals surface area (Å²) in [5.74, 6) is 1.55. The zero-order valence-corrected chi connectivity index (χ0v) is 16.6. The number of thiophene rings is 1. The lowest BCUT2D eigenvalue weighted by molar-refractivity contribution is 0.108. The van der Waals surface area contributed by atoms with E-state index in [-0.39, 0.29) is 30.1 Å². The van der Waals surface area contributed by atoms with Crippen molar-refractivity contribution in [3.8, 4) is 0 Å². The summed E-state index contributed by atoms with van der Waals surface area (Å²) >= 11 is 1.82. The van der Waals surface area contributed by atoms with E-state index in [4.69, 9.17) is 4.99 Å². The highest BCUT2D eigenvalue weighted by atomic mass is 127. The van der Waals surface area contributed by atoms with Gasteiger partial charge >= 0.3 is 0 Å². The summed E-state index contributed by atoms with van der Waals surface area (Å²) in [7, 11) is 0. The molecule has 22 heavy (non-hydrogen) atoms. The van der Waals surface area contributed by atoms with E-state index in [9.17, 15) is 5.11 Å². The molecule has 2 N–H and O–H groups in total. The van der Waals surface area contributed by atoms with Crippen molar-refractivity contribution in [1.29, 1.82) is 0 Å². The molecule has 1 aromatic rings. The molecule has 1 atom stereocenters. The molecular formula is C16H28IN3OS. The number of piperidine rings is 1. The molecule has 126 valence electrons. The monoisotopic (exact) mass is 437 g/mol. The number of rotatable bonds is 5. The smallest absolute Gasteiger partial charge is 0.193 e. The minimum atomic E-state index is -0.137. The molecular weight excluding hydrogens is 409 g/mol. The van der Waals surface area contributed by atoms with Gasteiger partial charge in [-0.3, -0.25) is 4.99 Å². The molecule has 1 fully saturated rings. The Balaban J connectivity index is 0.00000242. The van der Waals surface area contributed by atoms with Gasteiger partial charge in [-0.15, -0.1) is 35.3 Å². The largest absolute Gasteiger partial charge is 0.393 e. The van der Waals surface area contributed by atoms with E-state index in [1.54, 1.807) is 0 Å². The van der Waals surface area contributed by atoms with Gasteiger partial charge in [0.25, 0.3) is 0 Å². The number of halogens is 1. The minimum absolute atomic E-state index is 0. The molecule has 0 radical (unpaired) electrons. The SMILES string of the molecule is CCNC(=NCC(C)Cc1cccs1)N1CCC(O)CC1.I. The number of aliphatic hydroxyl groups excluding tert-OH is 1. The molecule has 0 amide bonds. The minimum Gasteiger partial charge on any atom is -0.393 e. The fourth-order valence-electron chi connectivity index (χ4n) is 2.58. The lowest BCUT2D eigenvalue weighted by Gasteiger charge is -2.32. The molecule has 1 aromatic heterocycles. The van der Waals surface area contributed by atoms with Crippen molar-refractivity contribution in [3.05, 3.63) is 22.4 Å². The molecule has 1 aliphatic heterocycles. The van der Waals surface area contributed by atoms with Crippen molar-refractivity contribution in [3.63, 3.8) is 0 Å². The number of hydrogen-bond donors (Lipinski definition) is 2. The van der Waals surface area contributed by atoms with E-state index >= 15 is 0 Å². The second-order valence-corrected chi connectivity index (χ2v) is 6.83. The second kappa shape index (κ2) is 10.4. The molecule has 0 bridgehead atoms. The zero-order chi connectivity index (χ0) is 15.1. The van der Waals surface area contributed by atoms with Crippen LogP contribution in [0.15, 0.2) is 22.5 Å². The Morgan fingerprint density at radius 3 is 2.82 bits per heavy atom. The number of aliphatic imine (C=N–C) groups is 1. The highest BCUT2D eigenvalue weighted by Crippen LogP contribution is 2.15. The van der Waals surface area contributed by atoms with E-state index < -0.39 is 0 Å². The number of nitrogens with zero attached hydrogens (tertiary/aromatic N) is 2. The fourth-order valence-corrected chi connectivity index (χ4v) is 3.45. The van der Waals surface area contributed by atoms with Crippen molar-refractivity contribution < 1.29 is 5.11 Å². The summed E-state index contributed by atoms with van der Waals surface area (Å²) in [4.78, 5) is 8.50. The maximum atomic E-state index is 9.61. The average molecular weight is 437 g/mol. The first-order chi connectivity index (χ1) is 10.2. The first-order valence-electron chi connectivity index (χ1n) is 7.92. The predicted molar refractivity (Wildman–Crippen MR) is 105 cm³/mol. The Morgan fingerprint density at radius 1 is 1.50 bits per heavy atom. The molecule has 1 saturated heterocycles. The molecule has 1 unspecified atom stereocenters. The van der Waals surface area contributed by atoms with Crippen LogP contribution >= 0.6 is 35.3 Å². The molecule has 4 nitrogen and oxygen atoms in total. The van der Waals surface area contributed by atoms with Crippen LogP contribution < -0.4 is 5.32 Å². The van der Waals surface area contributed by atoms with Gasteiger partial charge in [0, 0.05) is 31.1 Å². The summed E-state index contributed by atoms with van der Waals surface area (Å²) in [5.41, 5.74) is 0. The lowest BCUT2D eigenvalue weighted by atomic mass is 10.1. The Labute approximate surface area is 155 Å². The Hall–Kier alpha value is -0.340. The van der Waals surface area contributed by atoms with Crippen LogP contribution in [0.1, 0.15) is 31.6 Å². The van der Waals surface area contributed by atoms with E-state index in [2.05, 4.69) is 41.6 Å². The van der Waals surface area contributed by atoms with Crippen molar-refractivity contribution in [2.45, 2.75) is 39.2 Å². The van der Waals surface area contributed by atoms with Crippen LogP contribution in [0.4, 0.5) is 0 Å². The topological polar surface area (TPSA) is 47.9 Å². The second-order valence-electron chi connectivity index (χ2n) is 5.80. The third kappa shape index (κ3) is 6.42. The summed E-state index contributed by atoms with van der Waals surface area (Å²) in [6.45, 7) is 7.88. The van der Waals surface area contributed by atoms with E-state index in [0.717, 1.165) is 51.4 Å². The average Bonchev–Trinajstić information content (AvgIpc) is 2.97. The van der Waals surface area contributed by atoms with Crippen molar-refractivity contribution in [2.75, 3.05) is 26.2 Å². The number of likely N-dealkylation sites (tertiary alicyclic amines) is 1. The molecule has 0 aliphatic carbocycles. The highest BCUT2D eigenvalue weighted by Gasteiger charge is 2.19. The zero-order valence-electron chi connectivity index (χ0n) is 13.5. The Morgan fingerprint density at radius 2 is 2.23 bits per heavy atom. The maximum Gasteiger partial charge on any atom is 0.193 e. The summed E-state index contributed by atoms with van der Waals surface area (Å²) in [6, 6.07) is 4.31. The van der Waals surface area contributed by atoms with Crippen LogP contribution in [0.5, 0.6) is 0 Å². The molecule has 2 heterocycles. The predicted octanol–water partition coefficient (Wildman–Crippen LogP) is 2.97. The van der Waals surface area contributed by atoms with Gasteiger partial charge in [0.05, 0.1) is 6.10 Å². The fraction of sp³-hybridized carbons (Fsp3) is 0.688. The van der Waals surface area contributed by atoms with Crippen molar-refractivity contribution in [2.24, 2.45) is 10.9 Å². The summed E-state index contributed by atoms with van der Waals surface area (Å²) in [5, 5.41) is 15.1. The van der Waals surface area contributed by atoms with Crippen molar-refractivity contribution >= 4 is 41.3 Å². The van der Waals surface area contributed by atoms with E-state index in [1.165, 1.54) is 4.88 Å². The van der Waals surface area contributed by atoms with Crippen LogP contribution in [-0.4, -0.2) is 48.2 Å². The number of guanidine groups is 1. The summed E-state index contributed by atoms with van der Waals surface area (Å²) in [6.07, 6.45) is 2.64. The first kappa shape index (κ1) is 19.7. The third-order valence-electron chi connectivity index (χ3n) is 3.78. The summed E-state index contributed by atoms with van der Waals surface area (Å²) < 4.78 is 0. The van der Waals surface area contributed by atoms with E-state index in [1.807, 2.05) is 11.3 Å². The number of aliphatic hydroxyl groups is 1. The molecule has 1 aliphatic rings. The van der Waals surface area contributed by atoms with Gasteiger partial charge in [-0.1, -0.05) is 13.0 Å². The molecule has 6 heteroatoms. The van der Waals surface area contributed by atoms with Crippen LogP contribution in [0.2, 0.25) is 0 Å². The van der Waals surface area contributed by atoms with Crippen LogP contribution in [-0.2, 0) is 6.42 Å². The Kier molecular flexibility index (Phi) is 9.35. The molecule has 0 spiro atoms. The standard InChI is InChI=1S/C16H27N3OS.HI/c1-3-17-16(19-8-6-14(20)7-9-19)18-12-13(2)11-15-5-4-10-21-15;/h4-5,10,13-14,20H,3,6-9,11-12H2,1-2H3,(H,17,18);1H. The molecule has 0 saturated carbocycles.